The number of H-pyrrole nitrogens is 1. The lowest BCUT2D eigenvalue weighted by atomic mass is 9.99. The fraction of sp³-hybridized carbons (Fsp3) is 0.353. The molecule has 2 heterocycles. The summed E-state index contributed by atoms with van der Waals surface area (Å²) in [4.78, 5) is 38.1. The van der Waals surface area contributed by atoms with Gasteiger partial charge in [0.25, 0.3) is 5.56 Å². The normalized spacial score (nSPS) is 24.3. The van der Waals surface area contributed by atoms with Crippen molar-refractivity contribution < 1.29 is 21.1 Å². The number of benzene rings is 1. The number of nitrogens with zero attached hydrogens (tertiary/aromatic N) is 1. The molecule has 0 spiro atoms. The van der Waals surface area contributed by atoms with Crippen molar-refractivity contribution in [3.05, 3.63) is 67.4 Å². The van der Waals surface area contributed by atoms with Crippen LogP contribution in [0.1, 0.15) is 31.3 Å². The standard InChI is InChI=1S/C17H17ClN2O6/c1-8-7-20(17(25)19-16(8)24)12-6-11(21)15(26-12)14(23)13(22)9-2-4-10(18)5-3-9/h2-5,7,11-13,15,21-22H,6H2,1H3,(H,19,24,25)/t11-,12?,13?,15+/m1/s1/i2D. The Hall–Kier alpha value is -2.26. The van der Waals surface area contributed by atoms with E-state index in [1.54, 1.807) is 0 Å². The number of aromatic nitrogens is 2. The topological polar surface area (TPSA) is 122 Å². The largest absolute Gasteiger partial charge is 0.390 e. The molecule has 4 atom stereocenters. The Morgan fingerprint density at radius 2 is 2.19 bits per heavy atom. The number of ketones is 1. The van der Waals surface area contributed by atoms with Crippen LogP contribution in [0.5, 0.6) is 0 Å². The molecule has 1 aliphatic heterocycles. The van der Waals surface area contributed by atoms with Gasteiger partial charge in [-0.05, 0) is 24.6 Å². The van der Waals surface area contributed by atoms with E-state index in [9.17, 15) is 24.6 Å². The molecule has 1 saturated heterocycles. The number of nitrogens with one attached hydrogen (secondary N) is 1. The smallest absolute Gasteiger partial charge is 0.330 e. The Labute approximate surface area is 154 Å². The molecule has 2 unspecified atom stereocenters. The number of aryl methyl sites for hydroxylation is 1. The van der Waals surface area contributed by atoms with Crippen LogP contribution < -0.4 is 11.2 Å². The maximum absolute atomic E-state index is 12.6. The highest BCUT2D eigenvalue weighted by atomic mass is 35.5. The molecule has 0 radical (unpaired) electrons. The molecule has 0 saturated carbocycles. The lowest BCUT2D eigenvalue weighted by Gasteiger charge is -2.18. The van der Waals surface area contributed by atoms with Gasteiger partial charge in [-0.3, -0.25) is 19.1 Å². The van der Waals surface area contributed by atoms with Gasteiger partial charge in [0.15, 0.2) is 5.78 Å². The average Bonchev–Trinajstić information content (AvgIpc) is 2.98. The van der Waals surface area contributed by atoms with E-state index in [1.165, 1.54) is 31.3 Å². The third kappa shape index (κ3) is 3.49. The first-order chi connectivity index (χ1) is 12.7. The van der Waals surface area contributed by atoms with Crippen LogP contribution in [0.2, 0.25) is 5.02 Å². The van der Waals surface area contributed by atoms with Crippen LogP contribution in [-0.2, 0) is 9.53 Å². The minimum atomic E-state index is -1.69. The Morgan fingerprint density at radius 3 is 2.88 bits per heavy atom. The quantitative estimate of drug-likeness (QED) is 0.707. The molecule has 26 heavy (non-hydrogen) atoms. The SMILES string of the molecule is [2H]c1cc(Cl)ccc1C(O)C(=O)[C@H]1OC(n2cc(C)c(=O)[nH]c2=O)C[C@H]1O. The second kappa shape index (κ2) is 7.16. The number of aromatic amines is 1. The van der Waals surface area contributed by atoms with Gasteiger partial charge in [-0.1, -0.05) is 23.7 Å². The minimum Gasteiger partial charge on any atom is -0.390 e. The minimum absolute atomic E-state index is 0.0284. The number of hydrogen-bond donors (Lipinski definition) is 3. The van der Waals surface area contributed by atoms with E-state index in [2.05, 4.69) is 4.98 Å². The summed E-state index contributed by atoms with van der Waals surface area (Å²) in [6.07, 6.45) is -4.13. The third-order valence-electron chi connectivity index (χ3n) is 4.20. The number of Topliss-reactive ketones (excluding diaryl/α,β-unsaturated/α-hetero) is 1. The zero-order valence-corrected chi connectivity index (χ0v) is 14.4. The molecule has 1 aromatic heterocycles. The van der Waals surface area contributed by atoms with Crippen molar-refractivity contribution in [1.29, 1.82) is 0 Å². The summed E-state index contributed by atoms with van der Waals surface area (Å²) >= 11 is 5.77. The molecular weight excluding hydrogens is 364 g/mol. The maximum atomic E-state index is 12.6. The predicted octanol–water partition coefficient (Wildman–Crippen LogP) is 0.450. The van der Waals surface area contributed by atoms with E-state index in [-0.39, 0.29) is 28.6 Å². The van der Waals surface area contributed by atoms with Gasteiger partial charge in [0.2, 0.25) is 0 Å². The highest BCUT2D eigenvalue weighted by Crippen LogP contribution is 2.31. The summed E-state index contributed by atoms with van der Waals surface area (Å²) in [7, 11) is 0. The van der Waals surface area contributed by atoms with E-state index in [1.807, 2.05) is 0 Å². The first-order valence-corrected chi connectivity index (χ1v) is 8.20. The molecule has 0 bridgehead atoms. The average molecular weight is 382 g/mol. The van der Waals surface area contributed by atoms with Crippen molar-refractivity contribution in [3.63, 3.8) is 0 Å². The molecule has 3 rings (SSSR count). The third-order valence-corrected chi connectivity index (χ3v) is 4.43. The van der Waals surface area contributed by atoms with Crippen LogP contribution in [0.4, 0.5) is 0 Å². The molecule has 2 aromatic rings. The predicted molar refractivity (Wildman–Crippen MR) is 92.0 cm³/mol. The van der Waals surface area contributed by atoms with Gasteiger partial charge in [-0.15, -0.1) is 0 Å². The lowest BCUT2D eigenvalue weighted by molar-refractivity contribution is -0.144. The number of carbonyl (C=O) groups is 1. The molecular formula is C17H17ClN2O6. The zero-order valence-electron chi connectivity index (χ0n) is 14.7. The van der Waals surface area contributed by atoms with Gasteiger partial charge in [-0.25, -0.2) is 4.79 Å². The van der Waals surface area contributed by atoms with Gasteiger partial charge in [0, 0.05) is 23.2 Å². The van der Waals surface area contributed by atoms with Crippen LogP contribution in [0, 0.1) is 6.92 Å². The van der Waals surface area contributed by atoms with Gasteiger partial charge in [-0.2, -0.15) is 0 Å². The second-order valence-electron chi connectivity index (χ2n) is 6.06. The summed E-state index contributed by atoms with van der Waals surface area (Å²) in [6, 6.07) is 3.94. The Morgan fingerprint density at radius 1 is 1.46 bits per heavy atom. The van der Waals surface area contributed by atoms with Crippen LogP contribution >= 0.6 is 11.6 Å². The first kappa shape index (κ1) is 17.2. The van der Waals surface area contributed by atoms with Crippen molar-refractivity contribution >= 4 is 17.4 Å². The van der Waals surface area contributed by atoms with E-state index in [4.69, 9.17) is 17.7 Å². The number of aliphatic hydroxyl groups is 2. The molecule has 1 fully saturated rings. The van der Waals surface area contributed by atoms with Gasteiger partial charge in [0.05, 0.1) is 7.47 Å². The van der Waals surface area contributed by atoms with Crippen molar-refractivity contribution in [2.24, 2.45) is 0 Å². The molecule has 0 amide bonds. The summed E-state index contributed by atoms with van der Waals surface area (Å²) in [5, 5.41) is 20.8. The second-order valence-corrected chi connectivity index (χ2v) is 6.50. The number of rotatable bonds is 4. The fourth-order valence-electron chi connectivity index (χ4n) is 2.78. The molecule has 1 aliphatic rings. The number of halogens is 1. The molecule has 1 aromatic carbocycles. The van der Waals surface area contributed by atoms with Gasteiger partial charge < -0.3 is 14.9 Å². The zero-order chi connectivity index (χ0) is 19.9. The number of carbonyl (C=O) groups excluding carboxylic acids is 1. The number of hydrogen-bond acceptors (Lipinski definition) is 6. The molecule has 8 nitrogen and oxygen atoms in total. The van der Waals surface area contributed by atoms with Crippen LogP contribution in [-0.4, -0.2) is 37.8 Å². The van der Waals surface area contributed by atoms with Crippen LogP contribution in [0.3, 0.4) is 0 Å². The molecule has 3 N–H and O–H groups in total. The highest BCUT2D eigenvalue weighted by Gasteiger charge is 2.42. The van der Waals surface area contributed by atoms with Crippen LogP contribution in [0.15, 0.2) is 40.0 Å². The maximum Gasteiger partial charge on any atom is 0.330 e. The van der Waals surface area contributed by atoms with Crippen molar-refractivity contribution in [1.82, 2.24) is 9.55 Å². The number of aliphatic hydroxyl groups excluding tert-OH is 2. The molecule has 9 heteroatoms. The van der Waals surface area contributed by atoms with Crippen molar-refractivity contribution in [2.45, 2.75) is 37.9 Å². The van der Waals surface area contributed by atoms with Crippen LogP contribution in [0.25, 0.3) is 0 Å². The number of ether oxygens (including phenoxy) is 1. The summed E-state index contributed by atoms with van der Waals surface area (Å²) < 4.78 is 14.4. The summed E-state index contributed by atoms with van der Waals surface area (Å²) in [5.41, 5.74) is -0.977. The first-order valence-electron chi connectivity index (χ1n) is 8.32. The van der Waals surface area contributed by atoms with Crippen molar-refractivity contribution in [3.8, 4) is 0 Å². The Kier molecular flexibility index (Phi) is 4.73. The summed E-state index contributed by atoms with van der Waals surface area (Å²) in [6.45, 7) is 1.50. The molecule has 138 valence electrons. The van der Waals surface area contributed by atoms with Gasteiger partial charge >= 0.3 is 5.69 Å². The van der Waals surface area contributed by atoms with E-state index in [0.717, 1.165) is 4.57 Å². The lowest BCUT2D eigenvalue weighted by Crippen LogP contribution is -2.35. The Balaban J connectivity index is 1.84. The van der Waals surface area contributed by atoms with Crippen molar-refractivity contribution in [2.75, 3.05) is 0 Å². The van der Waals surface area contributed by atoms with E-state index in [0.29, 0.717) is 0 Å². The highest BCUT2D eigenvalue weighted by molar-refractivity contribution is 6.30. The molecule has 0 aliphatic carbocycles. The van der Waals surface area contributed by atoms with E-state index < -0.39 is 41.6 Å². The monoisotopic (exact) mass is 381 g/mol. The Bertz CT molecular complexity index is 1000. The fourth-order valence-corrected chi connectivity index (χ4v) is 2.90. The van der Waals surface area contributed by atoms with E-state index >= 15 is 0 Å². The van der Waals surface area contributed by atoms with Gasteiger partial charge in [0.1, 0.15) is 18.4 Å². The summed E-state index contributed by atoms with van der Waals surface area (Å²) in [5.74, 6) is -0.838.